The fraction of sp³-hybridized carbons (Fsp3) is 0.432. The number of halogens is 1. The third-order valence-corrected chi connectivity index (χ3v) is 20.2. The number of benzene rings is 2. The second-order valence-electron chi connectivity index (χ2n) is 28.2. The van der Waals surface area contributed by atoms with Gasteiger partial charge in [-0.15, -0.1) is 21.5 Å². The van der Waals surface area contributed by atoms with Crippen LogP contribution in [0, 0.1) is 26.2 Å². The number of anilines is 4. The molecule has 39 nitrogen and oxygen atoms in total. The minimum Gasteiger partial charge on any atom is -0.491 e. The first kappa shape index (κ1) is 93.6. The molecule has 0 fully saturated rings. The van der Waals surface area contributed by atoms with Crippen LogP contribution in [-0.2, 0) is 80.6 Å². The molecule has 122 heavy (non-hydrogen) atoms. The molecule has 0 saturated heterocycles. The van der Waals surface area contributed by atoms with E-state index < -0.39 is 53.2 Å². The fourth-order valence-corrected chi connectivity index (χ4v) is 13.6. The second-order valence-corrected chi connectivity index (χ2v) is 29.9. The van der Waals surface area contributed by atoms with Crippen molar-refractivity contribution in [2.45, 2.75) is 71.8 Å². The highest BCUT2D eigenvalue weighted by molar-refractivity contribution is 7.15. The first-order valence-corrected chi connectivity index (χ1v) is 40.8. The zero-order valence-electron chi connectivity index (χ0n) is 69.8. The van der Waals surface area contributed by atoms with Crippen LogP contribution in [0.2, 0.25) is 5.02 Å². The van der Waals surface area contributed by atoms with Crippen molar-refractivity contribution in [1.29, 1.82) is 5.41 Å². The quantitative estimate of drug-likeness (QED) is 0.0138. The second kappa shape index (κ2) is 47.6. The Morgan fingerprint density at radius 3 is 1.71 bits per heavy atom. The molecule has 1 aliphatic rings. The Bertz CT molecular complexity index is 4990. The highest BCUT2D eigenvalue weighted by atomic mass is 35.5. The molecule has 0 unspecified atom stereocenters. The zero-order chi connectivity index (χ0) is 87.6. The number of likely N-dealkylation sites (N-methyl/N-ethyl adjacent to an activating group) is 1. The van der Waals surface area contributed by atoms with Gasteiger partial charge in [-0.3, -0.25) is 62.9 Å². The number of hydrogen-bond acceptors (Lipinski definition) is 24. The molecule has 1 atom stereocenters. The molecule has 8 aromatic rings. The van der Waals surface area contributed by atoms with Gasteiger partial charge in [-0.2, -0.15) is 0 Å². The number of imidazole rings is 2. The molecule has 0 radical (unpaired) electrons. The van der Waals surface area contributed by atoms with Crippen LogP contribution < -0.4 is 57.9 Å². The number of thiophene rings is 1. The molecule has 7 heterocycles. The predicted octanol–water partition coefficient (Wildman–Crippen LogP) is 4.85. The lowest BCUT2D eigenvalue weighted by Crippen LogP contribution is -2.34. The van der Waals surface area contributed by atoms with Crippen molar-refractivity contribution in [2.75, 3.05) is 154 Å². The molecule has 9 rings (SSSR count). The summed E-state index contributed by atoms with van der Waals surface area (Å²) in [7, 11) is 9.82. The Hall–Kier alpha value is -12.3. The first-order chi connectivity index (χ1) is 58.7. The van der Waals surface area contributed by atoms with Gasteiger partial charge in [0.1, 0.15) is 40.6 Å². The number of nitrogens with zero attached hydrogens (tertiary/aromatic N) is 12. The van der Waals surface area contributed by atoms with Crippen LogP contribution in [0.3, 0.4) is 0 Å². The maximum Gasteiger partial charge on any atom is 0.291 e. The van der Waals surface area contributed by atoms with Gasteiger partial charge in [0.25, 0.3) is 29.5 Å². The number of rotatable bonds is 49. The van der Waals surface area contributed by atoms with E-state index in [1.165, 1.54) is 63.9 Å². The largest absolute Gasteiger partial charge is 0.491 e. The summed E-state index contributed by atoms with van der Waals surface area (Å²) in [5, 5.41) is 45.9. The highest BCUT2D eigenvalue weighted by Crippen LogP contribution is 2.40. The van der Waals surface area contributed by atoms with E-state index in [2.05, 4.69) is 92.1 Å². The number of fused-ring (bicyclic) bond motifs is 3. The molecular formula is C81H106ClN23O16S. The number of ether oxygens (including phenoxy) is 6. The van der Waals surface area contributed by atoms with Crippen LogP contribution in [0.5, 0.6) is 5.75 Å². The minimum atomic E-state index is -0.827. The number of amides is 10. The summed E-state index contributed by atoms with van der Waals surface area (Å²) in [6, 6.07) is 17.0. The summed E-state index contributed by atoms with van der Waals surface area (Å²) >= 11 is 7.92. The summed E-state index contributed by atoms with van der Waals surface area (Å²) in [6.45, 7) is 12.4. The topological polar surface area (TPSA) is 465 Å². The smallest absolute Gasteiger partial charge is 0.291 e. The maximum atomic E-state index is 13.6. The molecule has 11 N–H and O–H groups in total. The lowest BCUT2D eigenvalue weighted by atomic mass is 9.99. The van der Waals surface area contributed by atoms with Gasteiger partial charge in [-0.05, 0) is 108 Å². The van der Waals surface area contributed by atoms with E-state index in [1.54, 1.807) is 80.8 Å². The zero-order valence-corrected chi connectivity index (χ0v) is 71.3. The molecule has 2 aromatic carbocycles. The van der Waals surface area contributed by atoms with Gasteiger partial charge in [0, 0.05) is 164 Å². The maximum absolute atomic E-state index is 13.6. The van der Waals surface area contributed by atoms with E-state index in [0.717, 1.165) is 56.0 Å². The van der Waals surface area contributed by atoms with Gasteiger partial charge in [-0.1, -0.05) is 23.7 Å². The fourth-order valence-electron chi connectivity index (χ4n) is 12.3. The molecular weight excluding hydrogens is 1620 g/mol. The van der Waals surface area contributed by atoms with E-state index >= 15 is 0 Å². The number of hydrogen-bond donors (Lipinski definition) is 11. The number of aryl methyl sites for hydroxylation is 6. The van der Waals surface area contributed by atoms with Crippen molar-refractivity contribution in [1.82, 2.24) is 84.7 Å². The lowest BCUT2D eigenvalue weighted by molar-refractivity contribution is -0.122. The number of nitrogens with one attached hydrogen (secondary N) is 11. The normalized spacial score (nSPS) is 12.2. The van der Waals surface area contributed by atoms with Crippen molar-refractivity contribution < 1.29 is 76.4 Å². The van der Waals surface area contributed by atoms with Gasteiger partial charge >= 0.3 is 0 Å². The number of carbonyl (C=O) groups excluding carboxylic acids is 10. The molecule has 41 heteroatoms. The summed E-state index contributed by atoms with van der Waals surface area (Å²) in [5.41, 5.74) is 5.36. The number of amidine groups is 1. The third-order valence-electron chi connectivity index (χ3n) is 18.8. The van der Waals surface area contributed by atoms with Crippen molar-refractivity contribution in [3.63, 3.8) is 0 Å². The molecule has 6 aromatic heterocycles. The van der Waals surface area contributed by atoms with E-state index in [0.29, 0.717) is 120 Å². The van der Waals surface area contributed by atoms with Gasteiger partial charge in [0.05, 0.1) is 89.6 Å². The Morgan fingerprint density at radius 2 is 1.11 bits per heavy atom. The Kier molecular flexibility index (Phi) is 36.5. The highest BCUT2D eigenvalue weighted by Gasteiger charge is 2.33. The van der Waals surface area contributed by atoms with Crippen LogP contribution in [0.25, 0.3) is 5.00 Å². The molecule has 0 saturated carbocycles. The Balaban J connectivity index is 0.509. The Morgan fingerprint density at radius 1 is 0.557 bits per heavy atom. The molecule has 0 bridgehead atoms. The summed E-state index contributed by atoms with van der Waals surface area (Å²) in [4.78, 5) is 146. The van der Waals surface area contributed by atoms with Crippen LogP contribution in [-0.4, -0.2) is 256 Å². The van der Waals surface area contributed by atoms with E-state index in [9.17, 15) is 47.9 Å². The van der Waals surface area contributed by atoms with Crippen molar-refractivity contribution >= 4 is 116 Å². The average Bonchev–Trinajstić information content (AvgIpc) is 1.59. The molecule has 0 spiro atoms. The standard InChI is InChI=1S/C81H106ClN23O16S/c1-52-53(2)122-81-70(52)71(55-12-14-56(82)15-13-55)94-61(73-98-97-54(3)105(73)81)48-69(110)91-57-16-18-60(19-17-57)121-45-44-120-43-42-119-41-40-118-39-38-117-37-36-116-35-23-67(108)85-25-11-32-99(4)31-10-24-84-65(106)21-27-90-79(114)75-96-64(51-104(75)9)95-68(109)22-28-89-77(112)62-46-58(49-102(62)7)92-78(113)72(83)100(5)33-29-86-66(107)20-26-88-76(111)63-47-59(50-103(63)8)93-80(115)74-87-30-34-101(74)6/h12-19,29-30,33-34,46-47,49-51,61,83H,10-11,20-28,31-32,35-45,48H2,1-9H3,(H,84,106)(H,85,108)(H,86,107)(H,88,111)(H,89,112)(H,90,114)(H,91,110)(H,92,113)(H,93,115)(H,95,109)/b33-29+,83-72?/t61-/m1/s1. The summed E-state index contributed by atoms with van der Waals surface area (Å²) in [6.07, 6.45) is 11.6. The van der Waals surface area contributed by atoms with Crippen LogP contribution in [0.4, 0.5) is 22.9 Å². The molecule has 654 valence electrons. The predicted molar refractivity (Wildman–Crippen MR) is 456 cm³/mol. The van der Waals surface area contributed by atoms with E-state index in [-0.39, 0.29) is 111 Å². The minimum absolute atomic E-state index is 0.00912. The average molecular weight is 1730 g/mol. The van der Waals surface area contributed by atoms with Gasteiger partial charge in [-0.25, -0.2) is 9.97 Å². The van der Waals surface area contributed by atoms with Crippen molar-refractivity contribution in [3.8, 4) is 10.8 Å². The third kappa shape index (κ3) is 29.0. The number of aliphatic imine (C=N–C) groups is 1. The van der Waals surface area contributed by atoms with Gasteiger partial charge in [0.15, 0.2) is 23.3 Å². The lowest BCUT2D eigenvalue weighted by Gasteiger charge is -2.16. The number of carbonyl (C=O) groups is 10. The van der Waals surface area contributed by atoms with Crippen molar-refractivity contribution in [2.24, 2.45) is 33.2 Å². The van der Waals surface area contributed by atoms with Gasteiger partial charge < -0.3 is 110 Å². The van der Waals surface area contributed by atoms with E-state index in [4.69, 9.17) is 50.4 Å². The molecule has 0 aliphatic carbocycles. The Labute approximate surface area is 714 Å². The first-order valence-electron chi connectivity index (χ1n) is 39.6. The van der Waals surface area contributed by atoms with Crippen LogP contribution >= 0.6 is 22.9 Å². The summed E-state index contributed by atoms with van der Waals surface area (Å²) in [5.74, 6) is -2.69. The van der Waals surface area contributed by atoms with Crippen LogP contribution in [0.15, 0.2) is 109 Å². The van der Waals surface area contributed by atoms with Crippen LogP contribution in [0.1, 0.15) is 126 Å². The van der Waals surface area contributed by atoms with Gasteiger partial charge in [0.2, 0.25) is 35.4 Å². The van der Waals surface area contributed by atoms with E-state index in [1.807, 2.05) is 42.8 Å². The summed E-state index contributed by atoms with van der Waals surface area (Å²) < 4.78 is 41.8. The number of aromatic nitrogens is 9. The molecule has 10 amide bonds. The monoisotopic (exact) mass is 1720 g/mol. The molecule has 1 aliphatic heterocycles. The SMILES string of the molecule is Cc1sc2c(c1C)C(c1ccc(Cl)cc1)=N[C@H](CC(=O)Nc1ccc(OCCOCCOCCOCCOCCOCCC(=O)NCCCN(C)CCCNC(=O)CCNC(=O)c3nc(NC(=O)CCNC(=O)c4cc(NC(=O)C(=N)N(C)/C=C/NC(=O)CCNC(=O)c5cc(NC(=O)c6nccn6C)cn5C)cn4C)cn3C)cc1)c1nnc(C)n1-2. The van der Waals surface area contributed by atoms with Crippen molar-refractivity contribution in [3.05, 3.63) is 165 Å².